The van der Waals surface area contributed by atoms with Crippen molar-refractivity contribution in [1.29, 1.82) is 0 Å². The number of carbonyl (C=O) groups is 4. The van der Waals surface area contributed by atoms with Crippen molar-refractivity contribution in [2.24, 2.45) is 5.73 Å². The molecule has 38 heavy (non-hydrogen) atoms. The maximum absolute atomic E-state index is 13.8. The first-order valence-corrected chi connectivity index (χ1v) is 12.7. The summed E-state index contributed by atoms with van der Waals surface area (Å²) < 4.78 is 5.83. The van der Waals surface area contributed by atoms with Crippen LogP contribution in [0, 0.1) is 0 Å². The quantitative estimate of drug-likeness (QED) is 0.477. The second-order valence-corrected chi connectivity index (χ2v) is 10.5. The van der Waals surface area contributed by atoms with Crippen LogP contribution < -0.4 is 11.1 Å². The molecule has 0 saturated carbocycles. The highest BCUT2D eigenvalue weighted by Crippen LogP contribution is 2.34. The van der Waals surface area contributed by atoms with Crippen LogP contribution in [0.4, 0.5) is 4.79 Å². The van der Waals surface area contributed by atoms with Crippen LogP contribution >= 0.6 is 0 Å². The summed E-state index contributed by atoms with van der Waals surface area (Å²) in [5, 5.41) is 2.73. The van der Waals surface area contributed by atoms with Crippen molar-refractivity contribution in [3.8, 4) is 0 Å². The van der Waals surface area contributed by atoms with Gasteiger partial charge < -0.3 is 25.6 Å². The fourth-order valence-corrected chi connectivity index (χ4v) is 4.91. The molecular weight excluding hydrogens is 486 g/mol. The first kappa shape index (κ1) is 27.3. The van der Waals surface area contributed by atoms with Crippen LogP contribution in [0.15, 0.2) is 60.7 Å². The van der Waals surface area contributed by atoms with Crippen LogP contribution in [0.2, 0.25) is 0 Å². The minimum absolute atomic E-state index is 0.00666. The molecule has 5 amide bonds. The van der Waals surface area contributed by atoms with Gasteiger partial charge in [0.1, 0.15) is 11.6 Å². The SMILES string of the molecule is CN1C(=O)N2CCN(C(=O)[C@@H](COCc3ccccc3)NC(=O)C(C)(C)N)C[C@]2(Cc2ccccc2)C1=O. The molecule has 0 unspecified atom stereocenters. The molecule has 2 heterocycles. The number of hydrogen-bond donors (Lipinski definition) is 2. The van der Waals surface area contributed by atoms with E-state index in [0.717, 1.165) is 16.0 Å². The Labute approximate surface area is 222 Å². The van der Waals surface area contributed by atoms with Crippen LogP contribution in [0.5, 0.6) is 0 Å². The molecular formula is C28H35N5O5. The summed E-state index contributed by atoms with van der Waals surface area (Å²) in [6.45, 7) is 3.72. The van der Waals surface area contributed by atoms with Crippen molar-refractivity contribution in [2.45, 2.75) is 44.0 Å². The molecule has 0 radical (unpaired) electrons. The predicted octanol–water partition coefficient (Wildman–Crippen LogP) is 1.14. The third-order valence-electron chi connectivity index (χ3n) is 7.02. The topological polar surface area (TPSA) is 125 Å². The number of urea groups is 1. The lowest BCUT2D eigenvalue weighted by atomic mass is 9.86. The molecule has 2 aromatic rings. The lowest BCUT2D eigenvalue weighted by Crippen LogP contribution is -2.67. The van der Waals surface area contributed by atoms with Crippen molar-refractivity contribution in [3.05, 3.63) is 71.8 Å². The Morgan fingerprint density at radius 2 is 1.63 bits per heavy atom. The fourth-order valence-electron chi connectivity index (χ4n) is 4.91. The van der Waals surface area contributed by atoms with E-state index in [1.54, 1.807) is 23.6 Å². The molecule has 2 atom stereocenters. The number of likely N-dealkylation sites (N-methyl/N-ethyl adjacent to an activating group) is 1. The highest BCUT2D eigenvalue weighted by molar-refractivity contribution is 6.07. The monoisotopic (exact) mass is 521 g/mol. The first-order valence-electron chi connectivity index (χ1n) is 12.7. The number of carbonyl (C=O) groups excluding carboxylic acids is 4. The Hall–Kier alpha value is -3.76. The van der Waals surface area contributed by atoms with Gasteiger partial charge in [0, 0.05) is 26.6 Å². The van der Waals surface area contributed by atoms with Crippen molar-refractivity contribution < 1.29 is 23.9 Å². The molecule has 10 nitrogen and oxygen atoms in total. The number of piperazine rings is 1. The average Bonchev–Trinajstić information content (AvgIpc) is 3.08. The number of ether oxygens (including phenoxy) is 1. The zero-order valence-corrected chi connectivity index (χ0v) is 22.1. The smallest absolute Gasteiger partial charge is 0.327 e. The Balaban J connectivity index is 1.57. The zero-order valence-electron chi connectivity index (χ0n) is 22.1. The highest BCUT2D eigenvalue weighted by atomic mass is 16.5. The number of rotatable bonds is 9. The third kappa shape index (κ3) is 5.56. The van der Waals surface area contributed by atoms with Crippen LogP contribution in [-0.4, -0.2) is 88.9 Å². The fraction of sp³-hybridized carbons (Fsp3) is 0.429. The van der Waals surface area contributed by atoms with E-state index in [4.69, 9.17) is 10.5 Å². The Kier molecular flexibility index (Phi) is 7.84. The summed E-state index contributed by atoms with van der Waals surface area (Å²) in [7, 11) is 1.46. The lowest BCUT2D eigenvalue weighted by molar-refractivity contribution is -0.146. The van der Waals surface area contributed by atoms with Gasteiger partial charge in [0.2, 0.25) is 11.8 Å². The summed E-state index contributed by atoms with van der Waals surface area (Å²) in [5.74, 6) is -1.24. The van der Waals surface area contributed by atoms with E-state index in [9.17, 15) is 19.2 Å². The van der Waals surface area contributed by atoms with Gasteiger partial charge in [-0.3, -0.25) is 19.3 Å². The van der Waals surface area contributed by atoms with E-state index in [2.05, 4.69) is 5.32 Å². The molecule has 4 rings (SSSR count). The molecule has 2 aliphatic heterocycles. The minimum atomic E-state index is -1.23. The van der Waals surface area contributed by atoms with E-state index in [1.165, 1.54) is 7.05 Å². The molecule has 10 heteroatoms. The van der Waals surface area contributed by atoms with E-state index < -0.39 is 28.9 Å². The molecule has 2 saturated heterocycles. The van der Waals surface area contributed by atoms with Gasteiger partial charge in [0.05, 0.1) is 25.3 Å². The van der Waals surface area contributed by atoms with E-state index in [1.807, 2.05) is 60.7 Å². The van der Waals surface area contributed by atoms with Crippen molar-refractivity contribution in [1.82, 2.24) is 20.0 Å². The minimum Gasteiger partial charge on any atom is -0.374 e. The van der Waals surface area contributed by atoms with Gasteiger partial charge in [-0.1, -0.05) is 60.7 Å². The largest absolute Gasteiger partial charge is 0.374 e. The maximum Gasteiger partial charge on any atom is 0.327 e. The summed E-state index contributed by atoms with van der Waals surface area (Å²) in [6.07, 6.45) is 0.268. The Morgan fingerprint density at radius 3 is 2.24 bits per heavy atom. The summed E-state index contributed by atoms with van der Waals surface area (Å²) in [5.41, 5.74) is 5.35. The van der Waals surface area contributed by atoms with E-state index in [0.29, 0.717) is 0 Å². The molecule has 3 N–H and O–H groups in total. The number of benzene rings is 2. The van der Waals surface area contributed by atoms with Gasteiger partial charge in [-0.15, -0.1) is 0 Å². The zero-order chi connectivity index (χ0) is 27.5. The van der Waals surface area contributed by atoms with Crippen LogP contribution in [0.3, 0.4) is 0 Å². The van der Waals surface area contributed by atoms with Gasteiger partial charge in [0.25, 0.3) is 5.91 Å². The number of nitrogens with zero attached hydrogens (tertiary/aromatic N) is 3. The number of fused-ring (bicyclic) bond motifs is 1. The summed E-state index contributed by atoms with van der Waals surface area (Å²) in [6, 6.07) is 17.5. The Bertz CT molecular complexity index is 1180. The standard InChI is InChI=1S/C28H35N5O5/c1-27(2,29)24(35)30-22(18-38-17-21-12-8-5-9-13-21)23(34)32-14-15-33-26(37)31(3)25(36)28(33,19-32)16-20-10-6-4-7-11-20/h4-13,22H,14-19,29H2,1-3H3,(H,30,35)/t22-,28-/m1/s1. The lowest BCUT2D eigenvalue weighted by Gasteiger charge is -2.45. The van der Waals surface area contributed by atoms with Crippen LogP contribution in [-0.2, 0) is 32.1 Å². The van der Waals surface area contributed by atoms with Gasteiger partial charge in [-0.25, -0.2) is 4.79 Å². The summed E-state index contributed by atoms with van der Waals surface area (Å²) >= 11 is 0. The second kappa shape index (κ2) is 10.9. The van der Waals surface area contributed by atoms with E-state index in [-0.39, 0.29) is 51.2 Å². The third-order valence-corrected chi connectivity index (χ3v) is 7.02. The molecule has 0 aliphatic carbocycles. The van der Waals surface area contributed by atoms with Crippen LogP contribution in [0.25, 0.3) is 0 Å². The predicted molar refractivity (Wildman–Crippen MR) is 141 cm³/mol. The van der Waals surface area contributed by atoms with Crippen molar-refractivity contribution in [2.75, 3.05) is 33.3 Å². The maximum atomic E-state index is 13.8. The van der Waals surface area contributed by atoms with Gasteiger partial charge in [-0.2, -0.15) is 0 Å². The first-order chi connectivity index (χ1) is 18.0. The van der Waals surface area contributed by atoms with Crippen LogP contribution in [0.1, 0.15) is 25.0 Å². The number of imide groups is 1. The number of hydrogen-bond acceptors (Lipinski definition) is 6. The Morgan fingerprint density at radius 1 is 1.03 bits per heavy atom. The normalized spacial score (nSPS) is 20.4. The highest BCUT2D eigenvalue weighted by Gasteiger charge is 2.59. The molecule has 0 bridgehead atoms. The number of nitrogens with one attached hydrogen (secondary N) is 1. The number of nitrogens with two attached hydrogens (primary N) is 1. The molecule has 0 spiro atoms. The van der Waals surface area contributed by atoms with Gasteiger partial charge >= 0.3 is 6.03 Å². The van der Waals surface area contributed by atoms with Crippen molar-refractivity contribution >= 4 is 23.8 Å². The molecule has 2 aromatic carbocycles. The number of amides is 5. The molecule has 202 valence electrons. The average molecular weight is 522 g/mol. The van der Waals surface area contributed by atoms with Gasteiger partial charge in [0.15, 0.2) is 0 Å². The second-order valence-electron chi connectivity index (χ2n) is 10.5. The van der Waals surface area contributed by atoms with Crippen molar-refractivity contribution in [3.63, 3.8) is 0 Å². The molecule has 2 aliphatic rings. The molecule has 2 fully saturated rings. The van der Waals surface area contributed by atoms with E-state index >= 15 is 0 Å². The van der Waals surface area contributed by atoms with Gasteiger partial charge in [-0.05, 0) is 25.0 Å². The molecule has 0 aromatic heterocycles. The summed E-state index contributed by atoms with van der Waals surface area (Å²) in [4.78, 5) is 57.2.